The van der Waals surface area contributed by atoms with Crippen LogP contribution in [0.15, 0.2) is 0 Å². The Morgan fingerprint density at radius 3 is 2.00 bits per heavy atom. The summed E-state index contributed by atoms with van der Waals surface area (Å²) >= 11 is 0. The van der Waals surface area contributed by atoms with Crippen molar-refractivity contribution < 1.29 is 45.3 Å². The van der Waals surface area contributed by atoms with Crippen molar-refractivity contribution in [1.29, 1.82) is 0 Å². The number of hydrogen-bond donors (Lipinski definition) is 8. The predicted molar refractivity (Wildman–Crippen MR) is 67.8 cm³/mol. The van der Waals surface area contributed by atoms with Crippen LogP contribution in [0.25, 0.3) is 0 Å². The number of carbonyl (C=O) groups excluding carboxylic acids is 1. The second-order valence-corrected chi connectivity index (χ2v) is 4.47. The lowest BCUT2D eigenvalue weighted by molar-refractivity contribution is -0.253. The average molecular weight is 313 g/mol. The third kappa shape index (κ3) is 6.63. The fraction of sp³-hybridized carbons (Fsp3) is 0.909. The summed E-state index contributed by atoms with van der Waals surface area (Å²) in [7, 11) is 0. The van der Waals surface area contributed by atoms with Crippen molar-refractivity contribution in [1.82, 2.24) is 5.32 Å². The normalized spacial score (nSPS) is 32.3. The van der Waals surface area contributed by atoms with Gasteiger partial charge in [-0.1, -0.05) is 0 Å². The number of nitrogens with one attached hydrogen (secondary N) is 1. The first-order valence-corrected chi connectivity index (χ1v) is 6.25. The van der Waals surface area contributed by atoms with Crippen LogP contribution in [0.3, 0.4) is 0 Å². The van der Waals surface area contributed by atoms with E-state index < -0.39 is 49.3 Å². The summed E-state index contributed by atoms with van der Waals surface area (Å²) in [5.41, 5.74) is 0. The van der Waals surface area contributed by atoms with E-state index in [4.69, 9.17) is 25.2 Å². The molecule has 0 aliphatic carbocycles. The molecule has 0 aromatic rings. The highest BCUT2D eigenvalue weighted by molar-refractivity contribution is 5.73. The first-order chi connectivity index (χ1) is 9.78. The summed E-state index contributed by atoms with van der Waals surface area (Å²) in [6.45, 7) is -0.0426. The van der Waals surface area contributed by atoms with Crippen LogP contribution < -0.4 is 5.32 Å². The maximum atomic E-state index is 10.7. The minimum absolute atomic E-state index is 0.365. The largest absolute Gasteiger partial charge is 0.394 e. The SMILES string of the molecule is CC(=O)N[C@H]1C(O)O[C@H](CO)[C@@H](O)[C@@H]1O.OCC(O)CO. The van der Waals surface area contributed by atoms with Crippen molar-refractivity contribution >= 4 is 5.91 Å². The molecule has 0 radical (unpaired) electrons. The molecule has 126 valence electrons. The summed E-state index contributed by atoms with van der Waals surface area (Å²) in [4.78, 5) is 10.7. The van der Waals surface area contributed by atoms with Gasteiger partial charge in [-0.2, -0.15) is 0 Å². The molecule has 21 heavy (non-hydrogen) atoms. The molecule has 5 atom stereocenters. The van der Waals surface area contributed by atoms with Gasteiger partial charge < -0.3 is 45.8 Å². The van der Waals surface area contributed by atoms with Crippen molar-refractivity contribution in [3.05, 3.63) is 0 Å². The highest BCUT2D eigenvalue weighted by Gasteiger charge is 2.43. The van der Waals surface area contributed by atoms with Crippen LogP contribution in [0.5, 0.6) is 0 Å². The van der Waals surface area contributed by atoms with Crippen molar-refractivity contribution in [2.75, 3.05) is 19.8 Å². The summed E-state index contributed by atoms with van der Waals surface area (Å²) in [5.74, 6) is -0.462. The van der Waals surface area contributed by atoms with Gasteiger partial charge in [-0.05, 0) is 0 Å². The van der Waals surface area contributed by atoms with Gasteiger partial charge in [0.25, 0.3) is 0 Å². The molecule has 0 saturated carbocycles. The molecular weight excluding hydrogens is 290 g/mol. The smallest absolute Gasteiger partial charge is 0.217 e. The summed E-state index contributed by atoms with van der Waals surface area (Å²) < 4.78 is 4.81. The zero-order chi connectivity index (χ0) is 16.6. The molecule has 8 N–H and O–H groups in total. The predicted octanol–water partition coefficient (Wildman–Crippen LogP) is -4.75. The van der Waals surface area contributed by atoms with E-state index in [-0.39, 0.29) is 13.2 Å². The molecule has 10 heteroatoms. The van der Waals surface area contributed by atoms with Crippen LogP contribution in [-0.2, 0) is 9.53 Å². The molecule has 1 aliphatic rings. The molecular formula is C11H23NO9. The van der Waals surface area contributed by atoms with Gasteiger partial charge in [-0.25, -0.2) is 0 Å². The number of rotatable bonds is 4. The summed E-state index contributed by atoms with van der Waals surface area (Å²) in [6.07, 6.45) is -6.19. The summed E-state index contributed by atoms with van der Waals surface area (Å²) in [6, 6.07) is -1.10. The van der Waals surface area contributed by atoms with Crippen LogP contribution in [0.4, 0.5) is 0 Å². The van der Waals surface area contributed by atoms with Crippen LogP contribution in [0, 0.1) is 0 Å². The number of aliphatic hydroxyl groups excluding tert-OH is 7. The Kier molecular flexibility index (Phi) is 9.57. The molecule has 0 aromatic heterocycles. The average Bonchev–Trinajstić information content (AvgIpc) is 2.46. The highest BCUT2D eigenvalue weighted by Crippen LogP contribution is 2.19. The molecule has 1 aliphatic heterocycles. The second kappa shape index (κ2) is 9.97. The number of carbonyl (C=O) groups is 1. The number of ether oxygens (including phenoxy) is 1. The standard InChI is InChI=1S/C8H15NO6.C3H8O3/c1-3(11)9-5-7(13)6(12)4(2-10)15-8(5)14;4-1-3(6)2-5/h4-8,10,12-14H,2H2,1H3,(H,9,11);3-6H,1-2H2/t4-,5-,6-,7-,8?;/m1./s1. The van der Waals surface area contributed by atoms with Crippen LogP contribution in [0.1, 0.15) is 6.92 Å². The van der Waals surface area contributed by atoms with Gasteiger partial charge in [-0.15, -0.1) is 0 Å². The topological polar surface area (TPSA) is 180 Å². The Morgan fingerprint density at radius 1 is 1.14 bits per heavy atom. The Hall–Kier alpha value is -0.850. The zero-order valence-corrected chi connectivity index (χ0v) is 11.5. The Morgan fingerprint density at radius 2 is 1.67 bits per heavy atom. The maximum absolute atomic E-state index is 10.7. The molecule has 0 spiro atoms. The first-order valence-electron chi connectivity index (χ1n) is 6.25. The lowest BCUT2D eigenvalue weighted by Gasteiger charge is -2.40. The van der Waals surface area contributed by atoms with E-state index >= 15 is 0 Å². The lowest BCUT2D eigenvalue weighted by Crippen LogP contribution is -2.63. The number of amides is 1. The van der Waals surface area contributed by atoms with Crippen molar-refractivity contribution in [2.24, 2.45) is 0 Å². The van der Waals surface area contributed by atoms with E-state index in [1.54, 1.807) is 0 Å². The van der Waals surface area contributed by atoms with Crippen molar-refractivity contribution in [3.8, 4) is 0 Å². The summed E-state index contributed by atoms with van der Waals surface area (Å²) in [5, 5.41) is 63.4. The third-order valence-corrected chi connectivity index (χ3v) is 2.69. The Labute approximate surface area is 121 Å². The number of aliphatic hydroxyl groups is 7. The van der Waals surface area contributed by atoms with Crippen LogP contribution >= 0.6 is 0 Å². The van der Waals surface area contributed by atoms with Crippen LogP contribution in [0.2, 0.25) is 0 Å². The molecule has 0 bridgehead atoms. The molecule has 1 rings (SSSR count). The van der Waals surface area contributed by atoms with E-state index in [2.05, 4.69) is 5.32 Å². The minimum Gasteiger partial charge on any atom is -0.394 e. The van der Waals surface area contributed by atoms with Gasteiger partial charge in [0.05, 0.1) is 19.8 Å². The lowest BCUT2D eigenvalue weighted by atomic mass is 9.97. The molecule has 1 saturated heterocycles. The van der Waals surface area contributed by atoms with Gasteiger partial charge in [0.2, 0.25) is 5.91 Å². The number of hydrogen-bond acceptors (Lipinski definition) is 9. The second-order valence-electron chi connectivity index (χ2n) is 4.47. The van der Waals surface area contributed by atoms with E-state index in [9.17, 15) is 20.1 Å². The third-order valence-electron chi connectivity index (χ3n) is 2.69. The quantitative estimate of drug-likeness (QED) is 0.253. The maximum Gasteiger partial charge on any atom is 0.217 e. The van der Waals surface area contributed by atoms with E-state index in [1.165, 1.54) is 6.92 Å². The molecule has 1 amide bonds. The van der Waals surface area contributed by atoms with Gasteiger partial charge >= 0.3 is 0 Å². The van der Waals surface area contributed by atoms with E-state index in [0.29, 0.717) is 0 Å². The molecule has 10 nitrogen and oxygen atoms in total. The van der Waals surface area contributed by atoms with Gasteiger partial charge in [0, 0.05) is 6.92 Å². The van der Waals surface area contributed by atoms with E-state index in [1.807, 2.05) is 0 Å². The molecule has 1 fully saturated rings. The highest BCUT2D eigenvalue weighted by atomic mass is 16.6. The van der Waals surface area contributed by atoms with Crippen molar-refractivity contribution in [2.45, 2.75) is 43.7 Å². The molecule has 0 aromatic carbocycles. The van der Waals surface area contributed by atoms with Crippen LogP contribution in [-0.4, -0.2) is 98.2 Å². The Balaban J connectivity index is 0.000000567. The van der Waals surface area contributed by atoms with Gasteiger partial charge in [0.15, 0.2) is 6.29 Å². The van der Waals surface area contributed by atoms with Crippen molar-refractivity contribution in [3.63, 3.8) is 0 Å². The Bertz CT molecular complexity index is 299. The van der Waals surface area contributed by atoms with E-state index in [0.717, 1.165) is 0 Å². The monoisotopic (exact) mass is 313 g/mol. The first kappa shape index (κ1) is 20.1. The van der Waals surface area contributed by atoms with Gasteiger partial charge in [-0.3, -0.25) is 4.79 Å². The fourth-order valence-corrected chi connectivity index (χ4v) is 1.55. The molecule has 1 heterocycles. The zero-order valence-electron chi connectivity index (χ0n) is 11.5. The molecule has 1 unspecified atom stereocenters. The fourth-order valence-electron chi connectivity index (χ4n) is 1.55. The minimum atomic E-state index is -1.45. The van der Waals surface area contributed by atoms with Gasteiger partial charge in [0.1, 0.15) is 30.5 Å².